The first kappa shape index (κ1) is 25.5. The number of nitrogens with one attached hydrogen (secondary N) is 1. The van der Waals surface area contributed by atoms with Gasteiger partial charge in [-0.25, -0.2) is 4.79 Å². The third-order valence-electron chi connectivity index (χ3n) is 5.56. The Morgan fingerprint density at radius 2 is 1.74 bits per heavy atom. The van der Waals surface area contributed by atoms with Crippen LogP contribution < -0.4 is 15.0 Å². The van der Waals surface area contributed by atoms with Gasteiger partial charge in [0.2, 0.25) is 0 Å². The predicted octanol–water partition coefficient (Wildman–Crippen LogP) is 5.75. The van der Waals surface area contributed by atoms with Crippen molar-refractivity contribution in [2.45, 2.75) is 12.2 Å². The summed E-state index contributed by atoms with van der Waals surface area (Å²) in [5.74, 6) is 0.889. The second-order valence-electron chi connectivity index (χ2n) is 8.06. The van der Waals surface area contributed by atoms with Gasteiger partial charge in [-0.15, -0.1) is 0 Å². The molecule has 1 aliphatic rings. The lowest BCUT2D eigenvalue weighted by atomic mass is 10.1. The molecule has 8 heteroatoms. The van der Waals surface area contributed by atoms with Crippen LogP contribution in [0.2, 0.25) is 5.02 Å². The maximum absolute atomic E-state index is 12.6. The van der Waals surface area contributed by atoms with Crippen molar-refractivity contribution in [3.63, 3.8) is 0 Å². The van der Waals surface area contributed by atoms with Gasteiger partial charge in [0, 0.05) is 42.2 Å². The van der Waals surface area contributed by atoms with E-state index in [1.807, 2.05) is 54.6 Å². The highest BCUT2D eigenvalue weighted by molar-refractivity contribution is 8.22. The van der Waals surface area contributed by atoms with E-state index in [1.54, 1.807) is 30.0 Å². The van der Waals surface area contributed by atoms with E-state index in [2.05, 4.69) is 10.2 Å². The molecule has 0 radical (unpaired) electrons. The Balaban J connectivity index is 1.22. The normalized spacial score (nSPS) is 13.3. The third-order valence-corrected chi connectivity index (χ3v) is 7.19. The topological polar surface area (TPSA) is 50.8 Å². The van der Waals surface area contributed by atoms with E-state index in [0.29, 0.717) is 24.5 Å². The molecular weight excluding hydrogens is 500 g/mol. The minimum absolute atomic E-state index is 0.372. The van der Waals surface area contributed by atoms with Crippen LogP contribution in [0.1, 0.15) is 21.5 Å². The molecule has 0 atom stereocenters. The maximum Gasteiger partial charge on any atom is 0.343 e. The average Bonchev–Trinajstić information content (AvgIpc) is 2.89. The molecule has 1 fully saturated rings. The van der Waals surface area contributed by atoms with Crippen LogP contribution in [0.5, 0.6) is 5.75 Å². The molecule has 0 bridgehead atoms. The van der Waals surface area contributed by atoms with Crippen LogP contribution in [0.15, 0.2) is 72.8 Å². The van der Waals surface area contributed by atoms with Crippen molar-refractivity contribution in [2.75, 3.05) is 37.7 Å². The molecule has 35 heavy (non-hydrogen) atoms. The number of hydrogen-bond acceptors (Lipinski definition) is 6. The number of carbonyl (C=O) groups excluding carboxylic acids is 1. The van der Waals surface area contributed by atoms with Crippen LogP contribution in [-0.2, 0) is 16.9 Å². The Hall–Kier alpha value is -2.58. The zero-order valence-electron chi connectivity index (χ0n) is 19.2. The summed E-state index contributed by atoms with van der Waals surface area (Å²) in [7, 11) is 0. The number of benzene rings is 3. The highest BCUT2D eigenvalue weighted by Gasteiger charge is 2.14. The predicted molar refractivity (Wildman–Crippen MR) is 148 cm³/mol. The standard InChI is InChI=1S/C27H27ClN2O3S2/c28-23-10-6-20(7-11-23)12-13-29-27(34)35-19-21-4-8-22(9-5-21)26(31)33-25-3-1-2-24(18-25)30-14-16-32-17-15-30/h1-11,18H,12-17,19H2,(H,29,34). The summed E-state index contributed by atoms with van der Waals surface area (Å²) in [6, 6.07) is 22.9. The lowest BCUT2D eigenvalue weighted by molar-refractivity contribution is 0.0734. The molecule has 0 unspecified atom stereocenters. The Morgan fingerprint density at radius 3 is 2.49 bits per heavy atom. The van der Waals surface area contributed by atoms with Gasteiger partial charge in [0.25, 0.3) is 0 Å². The number of thiocarbonyl (C=S) groups is 1. The first-order chi connectivity index (χ1) is 17.1. The van der Waals surface area contributed by atoms with Gasteiger partial charge in [0.05, 0.1) is 18.8 Å². The van der Waals surface area contributed by atoms with Crippen LogP contribution in [0.3, 0.4) is 0 Å². The van der Waals surface area contributed by atoms with Crippen LogP contribution in [0, 0.1) is 0 Å². The second kappa shape index (κ2) is 12.9. The number of ether oxygens (including phenoxy) is 2. The van der Waals surface area contributed by atoms with Gasteiger partial charge < -0.3 is 19.7 Å². The number of esters is 1. The summed E-state index contributed by atoms with van der Waals surface area (Å²) in [6.07, 6.45) is 0.879. The number of halogens is 1. The lowest BCUT2D eigenvalue weighted by Gasteiger charge is -2.29. The fourth-order valence-corrected chi connectivity index (χ4v) is 4.73. The Labute approximate surface area is 220 Å². The first-order valence-electron chi connectivity index (χ1n) is 11.5. The molecule has 0 aliphatic carbocycles. The number of hydrogen-bond donors (Lipinski definition) is 1. The van der Waals surface area contributed by atoms with E-state index >= 15 is 0 Å². The minimum Gasteiger partial charge on any atom is -0.423 e. The van der Waals surface area contributed by atoms with E-state index in [1.165, 1.54) is 5.56 Å². The maximum atomic E-state index is 12.6. The van der Waals surface area contributed by atoms with Gasteiger partial charge in [-0.3, -0.25) is 0 Å². The first-order valence-corrected chi connectivity index (χ1v) is 13.2. The van der Waals surface area contributed by atoms with Crippen molar-refractivity contribution < 1.29 is 14.3 Å². The fraction of sp³-hybridized carbons (Fsp3) is 0.259. The molecule has 0 saturated carbocycles. The fourth-order valence-electron chi connectivity index (χ4n) is 3.63. The Kier molecular flexibility index (Phi) is 9.42. The Bertz CT molecular complexity index is 1130. The number of carbonyl (C=O) groups is 1. The number of rotatable bonds is 8. The van der Waals surface area contributed by atoms with E-state index in [-0.39, 0.29) is 5.97 Å². The SMILES string of the molecule is O=C(Oc1cccc(N2CCOCC2)c1)c1ccc(CSC(=S)NCCc2ccc(Cl)cc2)cc1. The molecule has 3 aromatic carbocycles. The quantitative estimate of drug-likeness (QED) is 0.228. The van der Waals surface area contributed by atoms with Gasteiger partial charge in [0.1, 0.15) is 10.1 Å². The summed E-state index contributed by atoms with van der Waals surface area (Å²) in [4.78, 5) is 14.9. The van der Waals surface area contributed by atoms with E-state index in [9.17, 15) is 4.79 Å². The summed E-state index contributed by atoms with van der Waals surface area (Å²) in [6.45, 7) is 3.85. The number of thioether (sulfide) groups is 1. The molecule has 1 N–H and O–H groups in total. The van der Waals surface area contributed by atoms with Crippen molar-refractivity contribution in [1.29, 1.82) is 0 Å². The number of morpholine rings is 1. The molecule has 3 aromatic rings. The van der Waals surface area contributed by atoms with E-state index < -0.39 is 0 Å². The average molecular weight is 527 g/mol. The van der Waals surface area contributed by atoms with Crippen LogP contribution in [0.25, 0.3) is 0 Å². The van der Waals surface area contributed by atoms with E-state index in [0.717, 1.165) is 52.4 Å². The van der Waals surface area contributed by atoms with Gasteiger partial charge >= 0.3 is 5.97 Å². The van der Waals surface area contributed by atoms with E-state index in [4.69, 9.17) is 33.3 Å². The second-order valence-corrected chi connectivity index (χ2v) is 10.2. The molecule has 5 nitrogen and oxygen atoms in total. The van der Waals surface area contributed by atoms with Crippen molar-refractivity contribution in [1.82, 2.24) is 5.32 Å². The Morgan fingerprint density at radius 1 is 1.03 bits per heavy atom. The summed E-state index contributed by atoms with van der Waals surface area (Å²) in [5.41, 5.74) is 3.84. The lowest BCUT2D eigenvalue weighted by Crippen LogP contribution is -2.36. The molecule has 1 saturated heterocycles. The highest BCUT2D eigenvalue weighted by atomic mass is 35.5. The molecule has 1 aliphatic heterocycles. The molecule has 0 aromatic heterocycles. The summed E-state index contributed by atoms with van der Waals surface area (Å²) in [5, 5.41) is 4.02. The summed E-state index contributed by atoms with van der Waals surface area (Å²) >= 11 is 12.9. The summed E-state index contributed by atoms with van der Waals surface area (Å²) < 4.78 is 11.8. The number of anilines is 1. The zero-order chi connectivity index (χ0) is 24.5. The van der Waals surface area contributed by atoms with Crippen molar-refractivity contribution in [2.24, 2.45) is 0 Å². The third kappa shape index (κ3) is 7.97. The van der Waals surface area contributed by atoms with Gasteiger partial charge in [-0.1, -0.05) is 65.9 Å². The molecule has 182 valence electrons. The number of nitrogens with zero attached hydrogens (tertiary/aromatic N) is 1. The largest absolute Gasteiger partial charge is 0.423 e. The molecular formula is C27H27ClN2O3S2. The van der Waals surface area contributed by atoms with Gasteiger partial charge in [-0.05, 0) is 53.9 Å². The molecule has 4 rings (SSSR count). The van der Waals surface area contributed by atoms with Gasteiger partial charge in [-0.2, -0.15) is 0 Å². The monoisotopic (exact) mass is 526 g/mol. The van der Waals surface area contributed by atoms with Crippen molar-refractivity contribution in [3.05, 3.63) is 94.5 Å². The smallest absolute Gasteiger partial charge is 0.343 e. The van der Waals surface area contributed by atoms with Gasteiger partial charge in [0.15, 0.2) is 0 Å². The molecule has 0 amide bonds. The highest BCUT2D eigenvalue weighted by Crippen LogP contribution is 2.23. The molecule has 0 spiro atoms. The van der Waals surface area contributed by atoms with Crippen LogP contribution >= 0.6 is 35.6 Å². The van der Waals surface area contributed by atoms with Crippen LogP contribution in [-0.4, -0.2) is 43.1 Å². The zero-order valence-corrected chi connectivity index (χ0v) is 21.6. The van der Waals surface area contributed by atoms with Crippen LogP contribution in [0.4, 0.5) is 5.69 Å². The van der Waals surface area contributed by atoms with Crippen molar-refractivity contribution in [3.8, 4) is 5.75 Å². The minimum atomic E-state index is -0.372. The molecule has 1 heterocycles. The van der Waals surface area contributed by atoms with Crippen molar-refractivity contribution >= 4 is 51.6 Å².